The Kier molecular flexibility index (Phi) is 6.75. The largest absolute Gasteiger partial charge is 0.396 e. The van der Waals surface area contributed by atoms with Crippen LogP contribution in [-0.2, 0) is 6.54 Å². The van der Waals surface area contributed by atoms with Crippen LogP contribution in [-0.4, -0.2) is 58.6 Å². The van der Waals surface area contributed by atoms with Gasteiger partial charge >= 0.3 is 0 Å². The lowest BCUT2D eigenvalue weighted by molar-refractivity contribution is 0.0613. The summed E-state index contributed by atoms with van der Waals surface area (Å²) in [6.07, 6.45) is 4.26. The number of aromatic amines is 1. The first kappa shape index (κ1) is 23.1. The highest BCUT2D eigenvalue weighted by Gasteiger charge is 2.29. The van der Waals surface area contributed by atoms with E-state index in [1.54, 1.807) is 0 Å². The third-order valence-electron chi connectivity index (χ3n) is 8.01. The standard InChI is InChI=1S/C29H37N3O2/c1-20-7-5-8-21(2)27(20)23-12-15-31(16-13-23)18-25-24-10-3-4-11-26(24)30-28(25)29(34)32-14-6-9-22(17-32)19-33/h3-5,7-8,10-11,22-23,30,33H,6,9,12-19H2,1-2H3. The molecular formula is C29H37N3O2. The fourth-order valence-corrected chi connectivity index (χ4v) is 6.18. The maximum atomic E-state index is 13.6. The van der Waals surface area contributed by atoms with Crippen LogP contribution in [0.25, 0.3) is 10.9 Å². The molecule has 1 unspecified atom stereocenters. The molecule has 0 bridgehead atoms. The van der Waals surface area contributed by atoms with Crippen molar-refractivity contribution in [3.05, 3.63) is 70.4 Å². The molecule has 3 aromatic rings. The summed E-state index contributed by atoms with van der Waals surface area (Å²) >= 11 is 0. The number of aliphatic hydroxyl groups is 1. The highest BCUT2D eigenvalue weighted by Crippen LogP contribution is 2.34. The topological polar surface area (TPSA) is 59.6 Å². The van der Waals surface area contributed by atoms with Crippen LogP contribution in [0.4, 0.5) is 0 Å². The van der Waals surface area contributed by atoms with Gasteiger partial charge in [-0.1, -0.05) is 36.4 Å². The molecule has 2 saturated heterocycles. The maximum Gasteiger partial charge on any atom is 0.270 e. The average Bonchev–Trinajstić information content (AvgIpc) is 3.23. The van der Waals surface area contributed by atoms with Crippen molar-refractivity contribution >= 4 is 16.8 Å². The predicted molar refractivity (Wildman–Crippen MR) is 137 cm³/mol. The number of piperidine rings is 2. The molecule has 34 heavy (non-hydrogen) atoms. The summed E-state index contributed by atoms with van der Waals surface area (Å²) < 4.78 is 0. The van der Waals surface area contributed by atoms with E-state index in [0.29, 0.717) is 12.5 Å². The number of nitrogens with one attached hydrogen (secondary N) is 1. The molecule has 2 aliphatic rings. The molecule has 0 radical (unpaired) electrons. The molecule has 2 N–H and O–H groups in total. The Morgan fingerprint density at radius 2 is 1.74 bits per heavy atom. The summed E-state index contributed by atoms with van der Waals surface area (Å²) in [4.78, 5) is 21.5. The van der Waals surface area contributed by atoms with Crippen molar-refractivity contribution in [3.8, 4) is 0 Å². The molecule has 0 aliphatic carbocycles. The van der Waals surface area contributed by atoms with Gasteiger partial charge in [0.05, 0.1) is 0 Å². The Labute approximate surface area is 202 Å². The minimum absolute atomic E-state index is 0.0785. The van der Waals surface area contributed by atoms with Gasteiger partial charge in [-0.3, -0.25) is 9.69 Å². The van der Waals surface area contributed by atoms with Gasteiger partial charge in [-0.2, -0.15) is 0 Å². The summed E-state index contributed by atoms with van der Waals surface area (Å²) in [5, 5.41) is 10.8. The van der Waals surface area contributed by atoms with Gasteiger partial charge in [0, 0.05) is 42.7 Å². The predicted octanol–water partition coefficient (Wildman–Crippen LogP) is 5.01. The first-order chi connectivity index (χ1) is 16.5. The van der Waals surface area contributed by atoms with Crippen molar-refractivity contribution in [2.45, 2.75) is 52.0 Å². The van der Waals surface area contributed by atoms with E-state index in [4.69, 9.17) is 0 Å². The number of benzene rings is 2. The molecule has 1 atom stereocenters. The van der Waals surface area contributed by atoms with Gasteiger partial charge in [0.2, 0.25) is 0 Å². The zero-order valence-electron chi connectivity index (χ0n) is 20.5. The Hall–Kier alpha value is -2.63. The lowest BCUT2D eigenvalue weighted by atomic mass is 9.84. The number of aryl methyl sites for hydroxylation is 2. The molecule has 2 aromatic carbocycles. The molecule has 1 amide bonds. The SMILES string of the molecule is Cc1cccc(C)c1C1CCN(Cc2c(C(=O)N3CCCC(CO)C3)[nH]c3ccccc23)CC1. The number of H-pyrrole nitrogens is 1. The summed E-state index contributed by atoms with van der Waals surface area (Å²) in [5.74, 6) is 0.884. The second-order valence-electron chi connectivity index (χ2n) is 10.3. The van der Waals surface area contributed by atoms with Crippen LogP contribution < -0.4 is 0 Å². The molecule has 5 rings (SSSR count). The van der Waals surface area contributed by atoms with E-state index in [1.165, 1.54) is 16.7 Å². The number of para-hydroxylation sites is 1. The number of aliphatic hydroxyl groups excluding tert-OH is 1. The van der Waals surface area contributed by atoms with E-state index >= 15 is 0 Å². The molecule has 2 aliphatic heterocycles. The zero-order chi connectivity index (χ0) is 23.7. The van der Waals surface area contributed by atoms with E-state index in [0.717, 1.165) is 74.0 Å². The highest BCUT2D eigenvalue weighted by atomic mass is 16.3. The quantitative estimate of drug-likeness (QED) is 0.564. The molecule has 0 spiro atoms. The number of hydrogen-bond donors (Lipinski definition) is 2. The van der Waals surface area contributed by atoms with Crippen LogP contribution in [0.1, 0.15) is 64.3 Å². The number of hydrogen-bond acceptors (Lipinski definition) is 3. The highest BCUT2D eigenvalue weighted by molar-refractivity contribution is 6.01. The van der Waals surface area contributed by atoms with Gasteiger partial charge in [0.1, 0.15) is 5.69 Å². The van der Waals surface area contributed by atoms with Crippen molar-refractivity contribution in [1.82, 2.24) is 14.8 Å². The van der Waals surface area contributed by atoms with Gasteiger partial charge in [-0.25, -0.2) is 0 Å². The summed E-state index contributed by atoms with van der Waals surface area (Å²) in [7, 11) is 0. The number of nitrogens with zero attached hydrogens (tertiary/aromatic N) is 2. The molecule has 3 heterocycles. The summed E-state index contributed by atoms with van der Waals surface area (Å²) in [5.41, 5.74) is 7.24. The molecule has 180 valence electrons. The molecule has 1 aromatic heterocycles. The molecule has 5 heteroatoms. The van der Waals surface area contributed by atoms with E-state index in [2.05, 4.69) is 60.1 Å². The van der Waals surface area contributed by atoms with Gasteiger partial charge in [0.15, 0.2) is 0 Å². The van der Waals surface area contributed by atoms with Crippen LogP contribution in [0.15, 0.2) is 42.5 Å². The molecule has 2 fully saturated rings. The number of fused-ring (bicyclic) bond motifs is 1. The van der Waals surface area contributed by atoms with Crippen LogP contribution in [0.2, 0.25) is 0 Å². The van der Waals surface area contributed by atoms with Gasteiger partial charge in [-0.15, -0.1) is 0 Å². The third-order valence-corrected chi connectivity index (χ3v) is 8.01. The van der Waals surface area contributed by atoms with Gasteiger partial charge in [0.25, 0.3) is 5.91 Å². The Bertz CT molecular complexity index is 1140. The van der Waals surface area contributed by atoms with E-state index < -0.39 is 0 Å². The number of amides is 1. The smallest absolute Gasteiger partial charge is 0.270 e. The Morgan fingerprint density at radius 3 is 2.47 bits per heavy atom. The van der Waals surface area contributed by atoms with Crippen molar-refractivity contribution in [1.29, 1.82) is 0 Å². The van der Waals surface area contributed by atoms with Crippen LogP contribution in [0, 0.1) is 19.8 Å². The summed E-state index contributed by atoms with van der Waals surface area (Å²) in [6.45, 7) is 8.92. The molecular weight excluding hydrogens is 422 g/mol. The maximum absolute atomic E-state index is 13.6. The number of carbonyl (C=O) groups excluding carboxylic acids is 1. The van der Waals surface area contributed by atoms with Crippen molar-refractivity contribution in [3.63, 3.8) is 0 Å². The van der Waals surface area contributed by atoms with Crippen molar-refractivity contribution < 1.29 is 9.90 Å². The van der Waals surface area contributed by atoms with Crippen molar-refractivity contribution in [2.24, 2.45) is 5.92 Å². The molecule has 5 nitrogen and oxygen atoms in total. The monoisotopic (exact) mass is 459 g/mol. The van der Waals surface area contributed by atoms with E-state index in [1.807, 2.05) is 11.0 Å². The van der Waals surface area contributed by atoms with E-state index in [9.17, 15) is 9.90 Å². The normalized spacial score (nSPS) is 20.2. The van der Waals surface area contributed by atoms with Crippen LogP contribution in [0.5, 0.6) is 0 Å². The van der Waals surface area contributed by atoms with Crippen LogP contribution in [0.3, 0.4) is 0 Å². The first-order valence-corrected chi connectivity index (χ1v) is 12.8. The fourth-order valence-electron chi connectivity index (χ4n) is 6.18. The summed E-state index contributed by atoms with van der Waals surface area (Å²) in [6, 6.07) is 14.9. The Balaban J connectivity index is 1.35. The molecule has 0 saturated carbocycles. The third kappa shape index (κ3) is 4.51. The van der Waals surface area contributed by atoms with Crippen molar-refractivity contribution in [2.75, 3.05) is 32.8 Å². The lowest BCUT2D eigenvalue weighted by Crippen LogP contribution is -2.41. The number of aromatic nitrogens is 1. The Morgan fingerprint density at radius 1 is 1.00 bits per heavy atom. The van der Waals surface area contributed by atoms with E-state index in [-0.39, 0.29) is 18.4 Å². The first-order valence-electron chi connectivity index (χ1n) is 12.8. The zero-order valence-corrected chi connectivity index (χ0v) is 20.5. The minimum Gasteiger partial charge on any atom is -0.396 e. The van der Waals surface area contributed by atoms with Crippen LogP contribution >= 0.6 is 0 Å². The number of likely N-dealkylation sites (tertiary alicyclic amines) is 2. The second kappa shape index (κ2) is 9.93. The van der Waals surface area contributed by atoms with Gasteiger partial charge < -0.3 is 15.0 Å². The van der Waals surface area contributed by atoms with Gasteiger partial charge in [-0.05, 0) is 87.2 Å². The minimum atomic E-state index is 0.0785. The average molecular weight is 460 g/mol. The second-order valence-corrected chi connectivity index (χ2v) is 10.3. The number of carbonyl (C=O) groups is 1. The fraction of sp³-hybridized carbons (Fsp3) is 0.483. The lowest BCUT2D eigenvalue weighted by Gasteiger charge is -2.34. The number of rotatable bonds is 5.